The first-order valence-electron chi connectivity index (χ1n) is 19.0. The van der Waals surface area contributed by atoms with E-state index in [0.29, 0.717) is 23.1 Å². The van der Waals surface area contributed by atoms with Crippen molar-refractivity contribution in [2.24, 2.45) is 17.8 Å². The summed E-state index contributed by atoms with van der Waals surface area (Å²) in [6.07, 6.45) is 25.6. The normalized spacial score (nSPS) is 19.9. The lowest BCUT2D eigenvalue weighted by molar-refractivity contribution is 0.187. The van der Waals surface area contributed by atoms with Gasteiger partial charge in [-0.25, -0.2) is 13.2 Å². The van der Waals surface area contributed by atoms with Gasteiger partial charge in [0.2, 0.25) is 0 Å². The first kappa shape index (κ1) is 35.5. The number of benzene rings is 3. The Balaban J connectivity index is 1.14. The van der Waals surface area contributed by atoms with Crippen LogP contribution in [0.3, 0.4) is 0 Å². The molecule has 2 aliphatic rings. The van der Waals surface area contributed by atoms with Gasteiger partial charge in [-0.1, -0.05) is 146 Å². The highest BCUT2D eigenvalue weighted by molar-refractivity contribution is 5.74. The lowest BCUT2D eigenvalue weighted by atomic mass is 9.70. The standard InChI is InChI=1S/C44H57F3/c1-3-5-7-9-11-13-32-15-17-33(18-16-32)34-19-21-35(22-20-34)39-28-29-40(42(45)31-39)36-23-25-37(26-24-36)41-30-27-38(43(46)44(41)47)14-12-10-8-6-4-2/h21,23-34H,3-20,22H2,1-2H3. The molecule has 1 atom stereocenters. The van der Waals surface area contributed by atoms with Crippen molar-refractivity contribution in [3.63, 3.8) is 0 Å². The van der Waals surface area contributed by atoms with Crippen LogP contribution in [-0.2, 0) is 6.42 Å². The summed E-state index contributed by atoms with van der Waals surface area (Å²) in [6, 6.07) is 16.1. The quantitative estimate of drug-likeness (QED) is 0.136. The molecule has 3 aromatic rings. The monoisotopic (exact) mass is 642 g/mol. The average molecular weight is 643 g/mol. The molecule has 0 aromatic heterocycles. The molecule has 1 fully saturated rings. The topological polar surface area (TPSA) is 0 Å². The van der Waals surface area contributed by atoms with Gasteiger partial charge in [0.25, 0.3) is 0 Å². The van der Waals surface area contributed by atoms with Crippen LogP contribution in [0.15, 0.2) is 60.7 Å². The molecule has 0 radical (unpaired) electrons. The molecule has 5 rings (SSSR count). The summed E-state index contributed by atoms with van der Waals surface area (Å²) in [7, 11) is 0. The molecular formula is C44H57F3. The minimum Gasteiger partial charge on any atom is -0.206 e. The van der Waals surface area contributed by atoms with Crippen molar-refractivity contribution >= 4 is 5.57 Å². The largest absolute Gasteiger partial charge is 0.206 e. The number of unbranched alkanes of at least 4 members (excludes halogenated alkanes) is 8. The molecule has 0 heterocycles. The second-order valence-corrected chi connectivity index (χ2v) is 14.6. The van der Waals surface area contributed by atoms with Crippen LogP contribution in [0.25, 0.3) is 27.8 Å². The smallest absolute Gasteiger partial charge is 0.166 e. The van der Waals surface area contributed by atoms with Crippen LogP contribution < -0.4 is 0 Å². The molecule has 254 valence electrons. The van der Waals surface area contributed by atoms with Crippen molar-refractivity contribution in [2.45, 2.75) is 136 Å². The van der Waals surface area contributed by atoms with Crippen LogP contribution in [0.1, 0.15) is 141 Å². The fourth-order valence-electron chi connectivity index (χ4n) is 8.23. The first-order valence-corrected chi connectivity index (χ1v) is 19.0. The van der Waals surface area contributed by atoms with Crippen molar-refractivity contribution in [2.75, 3.05) is 0 Å². The maximum Gasteiger partial charge on any atom is 0.166 e. The predicted octanol–water partition coefficient (Wildman–Crippen LogP) is 14.3. The molecular weight excluding hydrogens is 585 g/mol. The van der Waals surface area contributed by atoms with E-state index in [1.54, 1.807) is 42.5 Å². The summed E-state index contributed by atoms with van der Waals surface area (Å²) in [4.78, 5) is 0. The van der Waals surface area contributed by atoms with E-state index in [4.69, 9.17) is 0 Å². The third kappa shape index (κ3) is 9.64. The van der Waals surface area contributed by atoms with Crippen LogP contribution in [0, 0.1) is 35.2 Å². The van der Waals surface area contributed by atoms with Crippen LogP contribution in [0.4, 0.5) is 13.2 Å². The number of aryl methyl sites for hydroxylation is 1. The van der Waals surface area contributed by atoms with Crippen LogP contribution in [-0.4, -0.2) is 0 Å². The average Bonchev–Trinajstić information content (AvgIpc) is 3.10. The summed E-state index contributed by atoms with van der Waals surface area (Å²) in [5, 5.41) is 0. The summed E-state index contributed by atoms with van der Waals surface area (Å²) in [5.74, 6) is 0.787. The highest BCUT2D eigenvalue weighted by atomic mass is 19.2. The fraction of sp³-hybridized carbons (Fsp3) is 0.545. The SMILES string of the molecule is CCCCCCCc1ccc(-c2ccc(-c3ccc(C4=CCC(C5CCC(CCCCCCC)CC5)CC4)cc3F)cc2)c(F)c1F. The van der Waals surface area contributed by atoms with Crippen molar-refractivity contribution in [3.05, 3.63) is 89.3 Å². The molecule has 0 N–H and O–H groups in total. The summed E-state index contributed by atoms with van der Waals surface area (Å²) in [5.41, 5.74) is 4.79. The van der Waals surface area contributed by atoms with Crippen LogP contribution in [0.2, 0.25) is 0 Å². The Morgan fingerprint density at radius 3 is 1.83 bits per heavy atom. The molecule has 1 unspecified atom stereocenters. The molecule has 2 aliphatic carbocycles. The van der Waals surface area contributed by atoms with E-state index in [1.165, 1.54) is 82.6 Å². The van der Waals surface area contributed by atoms with Gasteiger partial charge in [0.05, 0.1) is 0 Å². The lowest BCUT2D eigenvalue weighted by Gasteiger charge is -2.35. The summed E-state index contributed by atoms with van der Waals surface area (Å²) < 4.78 is 45.4. The van der Waals surface area contributed by atoms with E-state index >= 15 is 8.78 Å². The molecule has 0 aliphatic heterocycles. The van der Waals surface area contributed by atoms with Crippen molar-refractivity contribution in [3.8, 4) is 22.3 Å². The maximum absolute atomic E-state index is 15.5. The molecule has 1 saturated carbocycles. The Hall–Kier alpha value is -2.81. The zero-order chi connectivity index (χ0) is 33.0. The number of allylic oxidation sites excluding steroid dienone is 2. The summed E-state index contributed by atoms with van der Waals surface area (Å²) >= 11 is 0. The highest BCUT2D eigenvalue weighted by Crippen LogP contribution is 2.42. The molecule has 3 heteroatoms. The zero-order valence-corrected chi connectivity index (χ0v) is 29.1. The van der Waals surface area contributed by atoms with Crippen LogP contribution in [0.5, 0.6) is 0 Å². The molecule has 0 nitrogen and oxygen atoms in total. The number of hydrogen-bond acceptors (Lipinski definition) is 0. The second-order valence-electron chi connectivity index (χ2n) is 14.6. The molecule has 0 spiro atoms. The third-order valence-electron chi connectivity index (χ3n) is 11.3. The van der Waals surface area contributed by atoms with Gasteiger partial charge >= 0.3 is 0 Å². The van der Waals surface area contributed by atoms with Gasteiger partial charge in [0.15, 0.2) is 11.6 Å². The number of hydrogen-bond donors (Lipinski definition) is 0. The number of halogens is 3. The Labute approximate surface area is 283 Å². The van der Waals surface area contributed by atoms with E-state index in [2.05, 4.69) is 19.9 Å². The minimum atomic E-state index is -0.803. The van der Waals surface area contributed by atoms with E-state index in [-0.39, 0.29) is 11.4 Å². The molecule has 47 heavy (non-hydrogen) atoms. The number of rotatable bonds is 16. The highest BCUT2D eigenvalue weighted by Gasteiger charge is 2.29. The van der Waals surface area contributed by atoms with E-state index < -0.39 is 11.6 Å². The van der Waals surface area contributed by atoms with Crippen molar-refractivity contribution in [1.82, 2.24) is 0 Å². The lowest BCUT2D eigenvalue weighted by Crippen LogP contribution is -2.23. The van der Waals surface area contributed by atoms with Crippen molar-refractivity contribution in [1.29, 1.82) is 0 Å². The van der Waals surface area contributed by atoms with Gasteiger partial charge in [-0.05, 0) is 96.6 Å². The van der Waals surface area contributed by atoms with Crippen molar-refractivity contribution < 1.29 is 13.2 Å². The van der Waals surface area contributed by atoms with Gasteiger partial charge in [0, 0.05) is 11.1 Å². The molecule has 0 amide bonds. The van der Waals surface area contributed by atoms with Gasteiger partial charge < -0.3 is 0 Å². The Bertz CT molecular complexity index is 1430. The van der Waals surface area contributed by atoms with Gasteiger partial charge in [-0.2, -0.15) is 0 Å². The molecule has 0 saturated heterocycles. The maximum atomic E-state index is 15.5. The van der Waals surface area contributed by atoms with Gasteiger partial charge in [0.1, 0.15) is 5.82 Å². The van der Waals surface area contributed by atoms with Gasteiger partial charge in [-0.3, -0.25) is 0 Å². The predicted molar refractivity (Wildman–Crippen MR) is 194 cm³/mol. The molecule has 3 aromatic carbocycles. The first-order chi connectivity index (χ1) is 23.0. The Morgan fingerprint density at radius 2 is 1.19 bits per heavy atom. The zero-order valence-electron chi connectivity index (χ0n) is 29.1. The molecule has 0 bridgehead atoms. The van der Waals surface area contributed by atoms with Gasteiger partial charge in [-0.15, -0.1) is 0 Å². The van der Waals surface area contributed by atoms with E-state index in [0.717, 1.165) is 67.4 Å². The van der Waals surface area contributed by atoms with E-state index in [1.807, 2.05) is 12.1 Å². The van der Waals surface area contributed by atoms with Crippen LogP contribution >= 0.6 is 0 Å². The Morgan fingerprint density at radius 1 is 0.574 bits per heavy atom. The summed E-state index contributed by atoms with van der Waals surface area (Å²) in [6.45, 7) is 4.45. The fourth-order valence-corrected chi connectivity index (χ4v) is 8.23. The minimum absolute atomic E-state index is 0.244. The Kier molecular flexibility index (Phi) is 13.7. The van der Waals surface area contributed by atoms with E-state index in [9.17, 15) is 4.39 Å². The second kappa shape index (κ2) is 18.1. The third-order valence-corrected chi connectivity index (χ3v) is 11.3.